The molecule has 156 valence electrons. The van der Waals surface area contributed by atoms with Gasteiger partial charge in [-0.05, 0) is 61.7 Å². The summed E-state index contributed by atoms with van der Waals surface area (Å²) in [5.41, 5.74) is 1.86. The van der Waals surface area contributed by atoms with E-state index in [1.807, 2.05) is 38.1 Å². The van der Waals surface area contributed by atoms with Crippen LogP contribution in [0.5, 0.6) is 5.75 Å². The smallest absolute Gasteiger partial charge is 0.244 e. The second-order valence-corrected chi connectivity index (χ2v) is 8.52. The van der Waals surface area contributed by atoms with Crippen LogP contribution in [0.1, 0.15) is 31.9 Å². The van der Waals surface area contributed by atoms with Gasteiger partial charge in [-0.2, -0.15) is 0 Å². The van der Waals surface area contributed by atoms with Gasteiger partial charge in [-0.3, -0.25) is 4.79 Å². The molecule has 29 heavy (non-hydrogen) atoms. The molecular formula is C22H28N2O4S. The quantitative estimate of drug-likeness (QED) is 0.583. The maximum Gasteiger partial charge on any atom is 0.244 e. The van der Waals surface area contributed by atoms with Crippen molar-refractivity contribution in [3.8, 4) is 5.75 Å². The highest BCUT2D eigenvalue weighted by atomic mass is 32.2. The molecule has 0 bridgehead atoms. The molecule has 0 heterocycles. The van der Waals surface area contributed by atoms with Crippen LogP contribution in [0, 0.1) is 0 Å². The standard InChI is InChI=1S/C22H28N2O4S/c1-4-24-29(26,27)21-12-7-18(8-13-21)9-14-22(25)23-16-15-19-5-10-20(11-6-19)28-17(2)3/h5-14,17,24H,4,15-16H2,1-3H3,(H,23,25)/b14-9+. The number of hydrogen-bond donors (Lipinski definition) is 2. The third-order valence-corrected chi connectivity index (χ3v) is 5.52. The van der Waals surface area contributed by atoms with Gasteiger partial charge in [-0.25, -0.2) is 13.1 Å². The van der Waals surface area contributed by atoms with Gasteiger partial charge in [0.2, 0.25) is 15.9 Å². The Balaban J connectivity index is 1.81. The molecule has 0 aliphatic heterocycles. The van der Waals surface area contributed by atoms with Gasteiger partial charge in [0.25, 0.3) is 0 Å². The van der Waals surface area contributed by atoms with E-state index >= 15 is 0 Å². The van der Waals surface area contributed by atoms with Crippen molar-refractivity contribution in [3.63, 3.8) is 0 Å². The van der Waals surface area contributed by atoms with Crippen LogP contribution in [0.15, 0.2) is 59.5 Å². The van der Waals surface area contributed by atoms with E-state index in [0.29, 0.717) is 13.1 Å². The third-order valence-electron chi connectivity index (χ3n) is 3.96. The van der Waals surface area contributed by atoms with Crippen molar-refractivity contribution in [2.45, 2.75) is 38.2 Å². The lowest BCUT2D eigenvalue weighted by molar-refractivity contribution is -0.116. The summed E-state index contributed by atoms with van der Waals surface area (Å²) >= 11 is 0. The summed E-state index contributed by atoms with van der Waals surface area (Å²) < 4.78 is 31.9. The fourth-order valence-corrected chi connectivity index (χ4v) is 3.64. The lowest BCUT2D eigenvalue weighted by Crippen LogP contribution is -2.23. The molecule has 0 aromatic heterocycles. The van der Waals surface area contributed by atoms with Crippen LogP contribution >= 0.6 is 0 Å². The lowest BCUT2D eigenvalue weighted by atomic mass is 10.1. The van der Waals surface area contributed by atoms with E-state index in [1.165, 1.54) is 18.2 Å². The van der Waals surface area contributed by atoms with Crippen molar-refractivity contribution in [3.05, 3.63) is 65.7 Å². The first-order chi connectivity index (χ1) is 13.8. The Morgan fingerprint density at radius 3 is 2.31 bits per heavy atom. The maximum atomic E-state index is 12.0. The van der Waals surface area contributed by atoms with E-state index in [9.17, 15) is 13.2 Å². The zero-order chi connectivity index (χ0) is 21.3. The molecule has 0 radical (unpaired) electrons. The molecule has 0 fully saturated rings. The van der Waals surface area contributed by atoms with Crippen LogP contribution in [0.2, 0.25) is 0 Å². The SMILES string of the molecule is CCNS(=O)(=O)c1ccc(/C=C/C(=O)NCCc2ccc(OC(C)C)cc2)cc1. The Bertz CT molecular complexity index is 918. The first kappa shape index (κ1) is 22.6. The molecule has 0 aliphatic rings. The van der Waals surface area contributed by atoms with Crippen molar-refractivity contribution >= 4 is 22.0 Å². The van der Waals surface area contributed by atoms with Gasteiger partial charge in [-0.1, -0.05) is 31.2 Å². The number of carbonyl (C=O) groups excluding carboxylic acids is 1. The second kappa shape index (κ2) is 10.8. The van der Waals surface area contributed by atoms with Gasteiger partial charge in [-0.15, -0.1) is 0 Å². The van der Waals surface area contributed by atoms with Crippen LogP contribution in [0.3, 0.4) is 0 Å². The van der Waals surface area contributed by atoms with Gasteiger partial charge in [0.05, 0.1) is 11.0 Å². The largest absolute Gasteiger partial charge is 0.491 e. The van der Waals surface area contributed by atoms with Gasteiger partial charge in [0.1, 0.15) is 5.75 Å². The summed E-state index contributed by atoms with van der Waals surface area (Å²) in [6.07, 6.45) is 3.95. The fraction of sp³-hybridized carbons (Fsp3) is 0.318. The minimum Gasteiger partial charge on any atom is -0.491 e. The van der Waals surface area contributed by atoms with Crippen molar-refractivity contribution in [1.29, 1.82) is 0 Å². The number of ether oxygens (including phenoxy) is 1. The van der Waals surface area contributed by atoms with E-state index in [-0.39, 0.29) is 16.9 Å². The zero-order valence-corrected chi connectivity index (χ0v) is 17.8. The molecule has 7 heteroatoms. The highest BCUT2D eigenvalue weighted by molar-refractivity contribution is 7.89. The summed E-state index contributed by atoms with van der Waals surface area (Å²) in [4.78, 5) is 12.2. The minimum absolute atomic E-state index is 0.139. The van der Waals surface area contributed by atoms with Crippen LogP contribution < -0.4 is 14.8 Å². The average molecular weight is 417 g/mol. The van der Waals surface area contributed by atoms with Gasteiger partial charge in [0, 0.05) is 19.2 Å². The van der Waals surface area contributed by atoms with E-state index in [0.717, 1.165) is 23.3 Å². The van der Waals surface area contributed by atoms with Gasteiger partial charge < -0.3 is 10.1 Å². The average Bonchev–Trinajstić information content (AvgIpc) is 2.67. The molecule has 0 aliphatic carbocycles. The number of nitrogens with one attached hydrogen (secondary N) is 2. The molecule has 0 spiro atoms. The number of carbonyl (C=O) groups is 1. The topological polar surface area (TPSA) is 84.5 Å². The van der Waals surface area contributed by atoms with Crippen molar-refractivity contribution < 1.29 is 17.9 Å². The van der Waals surface area contributed by atoms with Crippen molar-refractivity contribution in [1.82, 2.24) is 10.0 Å². The minimum atomic E-state index is -3.47. The normalized spacial score (nSPS) is 11.7. The molecule has 0 atom stereocenters. The maximum absolute atomic E-state index is 12.0. The van der Waals surface area contributed by atoms with E-state index in [1.54, 1.807) is 25.1 Å². The Labute approximate surface area is 173 Å². The number of rotatable bonds is 10. The molecule has 0 unspecified atom stereocenters. The molecule has 2 aromatic carbocycles. The van der Waals surface area contributed by atoms with E-state index in [2.05, 4.69) is 10.0 Å². The molecule has 2 N–H and O–H groups in total. The summed E-state index contributed by atoms with van der Waals surface area (Å²) in [5, 5.41) is 2.84. The Hall–Kier alpha value is -2.64. The Morgan fingerprint density at radius 2 is 1.72 bits per heavy atom. The first-order valence-electron chi connectivity index (χ1n) is 9.61. The number of sulfonamides is 1. The molecule has 1 amide bonds. The summed E-state index contributed by atoms with van der Waals surface area (Å²) in [6.45, 7) is 6.55. The van der Waals surface area contributed by atoms with Crippen LogP contribution in [0.25, 0.3) is 6.08 Å². The Morgan fingerprint density at radius 1 is 1.07 bits per heavy atom. The highest BCUT2D eigenvalue weighted by Gasteiger charge is 2.11. The summed E-state index contributed by atoms with van der Waals surface area (Å²) in [5.74, 6) is 0.633. The first-order valence-corrected chi connectivity index (χ1v) is 11.1. The fourth-order valence-electron chi connectivity index (χ4n) is 2.60. The molecule has 6 nitrogen and oxygen atoms in total. The molecule has 2 rings (SSSR count). The third kappa shape index (κ3) is 7.71. The molecule has 2 aromatic rings. The van der Waals surface area contributed by atoms with Crippen molar-refractivity contribution in [2.24, 2.45) is 0 Å². The molecule has 0 saturated carbocycles. The second-order valence-electron chi connectivity index (χ2n) is 6.76. The molecule has 0 saturated heterocycles. The van der Waals surface area contributed by atoms with Gasteiger partial charge in [0.15, 0.2) is 0 Å². The number of benzene rings is 2. The van der Waals surface area contributed by atoms with Gasteiger partial charge >= 0.3 is 0 Å². The lowest BCUT2D eigenvalue weighted by Gasteiger charge is -2.10. The monoisotopic (exact) mass is 416 g/mol. The number of hydrogen-bond acceptors (Lipinski definition) is 4. The molecular weight excluding hydrogens is 388 g/mol. The van der Waals surface area contributed by atoms with Crippen LogP contribution in [-0.4, -0.2) is 33.5 Å². The summed E-state index contributed by atoms with van der Waals surface area (Å²) in [7, 11) is -3.47. The predicted octanol–water partition coefficient (Wildman–Crippen LogP) is 3.14. The number of amides is 1. The van der Waals surface area contributed by atoms with E-state index in [4.69, 9.17) is 4.74 Å². The highest BCUT2D eigenvalue weighted by Crippen LogP contribution is 2.14. The summed E-state index contributed by atoms with van der Waals surface area (Å²) in [6, 6.07) is 14.2. The predicted molar refractivity (Wildman–Crippen MR) is 115 cm³/mol. The van der Waals surface area contributed by atoms with Crippen LogP contribution in [-0.2, 0) is 21.2 Å². The Kier molecular flexibility index (Phi) is 8.42. The van der Waals surface area contributed by atoms with Crippen molar-refractivity contribution in [2.75, 3.05) is 13.1 Å². The zero-order valence-electron chi connectivity index (χ0n) is 17.0. The van der Waals surface area contributed by atoms with E-state index < -0.39 is 10.0 Å². The van der Waals surface area contributed by atoms with Crippen LogP contribution in [0.4, 0.5) is 0 Å².